The maximum absolute atomic E-state index is 5.47. The molecular weight excluding hydrogens is 150 g/mol. The Morgan fingerprint density at radius 3 is 2.80 bits per heavy atom. The van der Waals surface area contributed by atoms with Gasteiger partial charge < -0.3 is 10.1 Å². The lowest BCUT2D eigenvalue weighted by Gasteiger charge is -2.02. The minimum atomic E-state index is 0.738. The van der Waals surface area contributed by atoms with Crippen LogP contribution in [-0.4, -0.2) is 32.2 Å². The predicted molar refractivity (Wildman–Crippen MR) is 44.7 cm³/mol. The van der Waals surface area contributed by atoms with Crippen LogP contribution in [0.1, 0.15) is 13.3 Å². The second-order valence-electron chi connectivity index (χ2n) is 1.99. The smallest absolute Gasteiger partial charge is 0.0590 e. The normalized spacial score (nSPS) is 10.2. The van der Waals surface area contributed by atoms with Gasteiger partial charge in [0.05, 0.1) is 6.61 Å². The summed E-state index contributed by atoms with van der Waals surface area (Å²) >= 11 is 5.47. The summed E-state index contributed by atoms with van der Waals surface area (Å²) in [4.78, 5) is 0. The standard InChI is InChI=1S/C7H16ClNO/c1-2-10-7-6-9-5-3-4-8/h9H,2-7H2,1H3. The van der Waals surface area contributed by atoms with E-state index in [1.165, 1.54) is 0 Å². The van der Waals surface area contributed by atoms with E-state index in [-0.39, 0.29) is 0 Å². The molecule has 0 aliphatic carbocycles. The molecule has 0 amide bonds. The molecule has 0 aromatic carbocycles. The van der Waals surface area contributed by atoms with Gasteiger partial charge in [-0.1, -0.05) is 0 Å². The van der Waals surface area contributed by atoms with Crippen LogP contribution in [0.15, 0.2) is 0 Å². The van der Waals surface area contributed by atoms with Crippen LogP contribution in [-0.2, 0) is 4.74 Å². The van der Waals surface area contributed by atoms with Crippen molar-refractivity contribution >= 4 is 11.6 Å². The molecule has 0 bridgehead atoms. The molecule has 0 aromatic rings. The number of hydrogen-bond donors (Lipinski definition) is 1. The van der Waals surface area contributed by atoms with E-state index < -0.39 is 0 Å². The lowest BCUT2D eigenvalue weighted by atomic mass is 10.5. The average molecular weight is 166 g/mol. The molecule has 0 saturated heterocycles. The molecule has 10 heavy (non-hydrogen) atoms. The van der Waals surface area contributed by atoms with Crippen LogP contribution in [0.5, 0.6) is 0 Å². The second kappa shape index (κ2) is 9.21. The molecule has 0 aliphatic rings. The van der Waals surface area contributed by atoms with Crippen molar-refractivity contribution in [2.45, 2.75) is 13.3 Å². The van der Waals surface area contributed by atoms with Crippen molar-refractivity contribution in [3.8, 4) is 0 Å². The first-order chi connectivity index (χ1) is 4.91. The van der Waals surface area contributed by atoms with Crippen LogP contribution in [0.2, 0.25) is 0 Å². The van der Waals surface area contributed by atoms with Gasteiger partial charge in [0, 0.05) is 19.0 Å². The highest BCUT2D eigenvalue weighted by Crippen LogP contribution is 1.80. The number of rotatable bonds is 7. The third-order valence-corrected chi connectivity index (χ3v) is 1.38. The monoisotopic (exact) mass is 165 g/mol. The zero-order valence-electron chi connectivity index (χ0n) is 6.53. The minimum absolute atomic E-state index is 0.738. The second-order valence-corrected chi connectivity index (χ2v) is 2.37. The van der Waals surface area contributed by atoms with Gasteiger partial charge in [-0.3, -0.25) is 0 Å². The highest BCUT2D eigenvalue weighted by atomic mass is 35.5. The van der Waals surface area contributed by atoms with Crippen LogP contribution in [0.25, 0.3) is 0 Å². The number of halogens is 1. The number of ether oxygens (including phenoxy) is 1. The molecule has 0 saturated carbocycles. The summed E-state index contributed by atoms with van der Waals surface area (Å²) < 4.78 is 5.12. The van der Waals surface area contributed by atoms with Crippen molar-refractivity contribution in [1.29, 1.82) is 0 Å². The Hall–Kier alpha value is 0.210. The van der Waals surface area contributed by atoms with E-state index in [4.69, 9.17) is 16.3 Å². The molecule has 0 fully saturated rings. The van der Waals surface area contributed by atoms with E-state index in [1.807, 2.05) is 6.92 Å². The first-order valence-electron chi connectivity index (χ1n) is 3.76. The molecule has 2 nitrogen and oxygen atoms in total. The molecule has 0 heterocycles. The lowest BCUT2D eigenvalue weighted by Crippen LogP contribution is -2.21. The molecule has 0 atom stereocenters. The first-order valence-corrected chi connectivity index (χ1v) is 4.29. The van der Waals surface area contributed by atoms with Gasteiger partial charge in [-0.05, 0) is 19.9 Å². The summed E-state index contributed by atoms with van der Waals surface area (Å²) in [6, 6.07) is 0. The Kier molecular flexibility index (Phi) is 9.40. The zero-order chi connectivity index (χ0) is 7.66. The molecule has 0 aliphatic heterocycles. The summed E-state index contributed by atoms with van der Waals surface area (Å²) in [6.07, 6.45) is 1.04. The Balaban J connectivity index is 2.65. The van der Waals surface area contributed by atoms with Crippen LogP contribution in [0.3, 0.4) is 0 Å². The van der Waals surface area contributed by atoms with Gasteiger partial charge in [0.25, 0.3) is 0 Å². The van der Waals surface area contributed by atoms with Crippen molar-refractivity contribution in [3.05, 3.63) is 0 Å². The van der Waals surface area contributed by atoms with E-state index in [0.29, 0.717) is 0 Å². The average Bonchev–Trinajstić information content (AvgIpc) is 1.97. The molecular formula is C7H16ClNO. The fraction of sp³-hybridized carbons (Fsp3) is 1.00. The largest absolute Gasteiger partial charge is 0.380 e. The van der Waals surface area contributed by atoms with Crippen LogP contribution in [0.4, 0.5) is 0 Å². The van der Waals surface area contributed by atoms with Crippen LogP contribution >= 0.6 is 11.6 Å². The number of alkyl halides is 1. The molecule has 3 heteroatoms. The molecule has 0 unspecified atom stereocenters. The maximum Gasteiger partial charge on any atom is 0.0590 e. The summed E-state index contributed by atoms with van der Waals surface area (Å²) in [7, 11) is 0. The summed E-state index contributed by atoms with van der Waals surface area (Å²) in [5.74, 6) is 0.738. The van der Waals surface area contributed by atoms with Gasteiger partial charge in [-0.2, -0.15) is 0 Å². The molecule has 1 N–H and O–H groups in total. The van der Waals surface area contributed by atoms with Gasteiger partial charge in [0.15, 0.2) is 0 Å². The fourth-order valence-corrected chi connectivity index (χ4v) is 0.739. The van der Waals surface area contributed by atoms with E-state index in [9.17, 15) is 0 Å². The number of nitrogens with one attached hydrogen (secondary N) is 1. The lowest BCUT2D eigenvalue weighted by molar-refractivity contribution is 0.149. The zero-order valence-corrected chi connectivity index (χ0v) is 7.28. The highest BCUT2D eigenvalue weighted by Gasteiger charge is 1.85. The van der Waals surface area contributed by atoms with E-state index in [0.717, 1.165) is 38.6 Å². The maximum atomic E-state index is 5.47. The predicted octanol–water partition coefficient (Wildman–Crippen LogP) is 1.24. The summed E-state index contributed by atoms with van der Waals surface area (Å²) in [5, 5.41) is 3.21. The summed E-state index contributed by atoms with van der Waals surface area (Å²) in [5.41, 5.74) is 0. The van der Waals surface area contributed by atoms with Gasteiger partial charge in [-0.15, -0.1) is 11.6 Å². The Labute approximate surface area is 67.9 Å². The molecule has 62 valence electrons. The molecule has 0 spiro atoms. The van der Waals surface area contributed by atoms with Crippen molar-refractivity contribution in [3.63, 3.8) is 0 Å². The Bertz CT molecular complexity index is 53.6. The topological polar surface area (TPSA) is 21.3 Å². The molecule has 0 aromatic heterocycles. The molecule has 0 radical (unpaired) electrons. The van der Waals surface area contributed by atoms with Gasteiger partial charge in [0.2, 0.25) is 0 Å². The highest BCUT2D eigenvalue weighted by molar-refractivity contribution is 6.17. The third kappa shape index (κ3) is 8.21. The van der Waals surface area contributed by atoms with Gasteiger partial charge in [0.1, 0.15) is 0 Å². The van der Waals surface area contributed by atoms with Crippen molar-refractivity contribution in [2.75, 3.05) is 32.2 Å². The number of hydrogen-bond acceptors (Lipinski definition) is 2. The SMILES string of the molecule is CCOCCNCCCCl. The van der Waals surface area contributed by atoms with Gasteiger partial charge in [-0.25, -0.2) is 0 Å². The van der Waals surface area contributed by atoms with Gasteiger partial charge >= 0.3 is 0 Å². The van der Waals surface area contributed by atoms with E-state index in [1.54, 1.807) is 0 Å². The minimum Gasteiger partial charge on any atom is -0.380 e. The fourth-order valence-electron chi connectivity index (χ4n) is 0.605. The van der Waals surface area contributed by atoms with Crippen molar-refractivity contribution in [1.82, 2.24) is 5.32 Å². The molecule has 0 rings (SSSR count). The van der Waals surface area contributed by atoms with E-state index in [2.05, 4.69) is 5.32 Å². The quantitative estimate of drug-likeness (QED) is 0.453. The Morgan fingerprint density at radius 1 is 1.40 bits per heavy atom. The summed E-state index contributed by atoms with van der Waals surface area (Å²) in [6.45, 7) is 5.54. The Morgan fingerprint density at radius 2 is 2.20 bits per heavy atom. The van der Waals surface area contributed by atoms with Crippen molar-refractivity contribution in [2.24, 2.45) is 0 Å². The van der Waals surface area contributed by atoms with Crippen LogP contribution < -0.4 is 5.32 Å². The third-order valence-electron chi connectivity index (χ3n) is 1.11. The van der Waals surface area contributed by atoms with Crippen LogP contribution in [0, 0.1) is 0 Å². The van der Waals surface area contributed by atoms with Crippen molar-refractivity contribution < 1.29 is 4.74 Å². The first kappa shape index (κ1) is 10.2. The van der Waals surface area contributed by atoms with E-state index >= 15 is 0 Å².